The highest BCUT2D eigenvalue weighted by Gasteiger charge is 2.23. The van der Waals surface area contributed by atoms with Gasteiger partial charge in [0.2, 0.25) is 0 Å². The van der Waals surface area contributed by atoms with Gasteiger partial charge in [-0.1, -0.05) is 0 Å². The fraction of sp³-hybridized carbons (Fsp3) is 0.222. The van der Waals surface area contributed by atoms with Gasteiger partial charge >= 0.3 is 0 Å². The standard InChI is InChI=1S/C18H16N4OS/c23-18(13-2-1-6-19-10-13)22-7-3-15-16(4-8-22)20-12-21-17(15)14-5-9-24-11-14/h1-2,5-6,9-12H,3-4,7-8H2. The van der Waals surface area contributed by atoms with E-state index in [-0.39, 0.29) is 5.91 Å². The van der Waals surface area contributed by atoms with E-state index in [1.165, 1.54) is 0 Å². The Labute approximate surface area is 144 Å². The molecule has 4 heterocycles. The molecule has 0 aliphatic carbocycles. The van der Waals surface area contributed by atoms with Crippen LogP contribution in [-0.4, -0.2) is 38.8 Å². The van der Waals surface area contributed by atoms with Crippen molar-refractivity contribution in [1.82, 2.24) is 19.9 Å². The summed E-state index contributed by atoms with van der Waals surface area (Å²) in [5, 5.41) is 4.16. The van der Waals surface area contributed by atoms with Gasteiger partial charge < -0.3 is 4.90 Å². The maximum Gasteiger partial charge on any atom is 0.255 e. The molecule has 0 atom stereocenters. The lowest BCUT2D eigenvalue weighted by Crippen LogP contribution is -2.33. The van der Waals surface area contributed by atoms with Crippen LogP contribution >= 0.6 is 11.3 Å². The lowest BCUT2D eigenvalue weighted by molar-refractivity contribution is 0.0762. The van der Waals surface area contributed by atoms with E-state index in [4.69, 9.17) is 0 Å². The van der Waals surface area contributed by atoms with Crippen molar-refractivity contribution in [2.45, 2.75) is 12.8 Å². The average Bonchev–Trinajstić information content (AvgIpc) is 3.08. The summed E-state index contributed by atoms with van der Waals surface area (Å²) >= 11 is 1.66. The molecule has 0 N–H and O–H groups in total. The largest absolute Gasteiger partial charge is 0.338 e. The first-order valence-electron chi connectivity index (χ1n) is 7.87. The molecule has 1 aliphatic heterocycles. The van der Waals surface area contributed by atoms with Crippen LogP contribution < -0.4 is 0 Å². The van der Waals surface area contributed by atoms with Gasteiger partial charge in [-0.3, -0.25) is 9.78 Å². The van der Waals surface area contributed by atoms with Gasteiger partial charge in [0, 0.05) is 54.1 Å². The average molecular weight is 336 g/mol. The van der Waals surface area contributed by atoms with Gasteiger partial charge in [0.05, 0.1) is 11.3 Å². The Hall–Kier alpha value is -2.60. The van der Waals surface area contributed by atoms with Gasteiger partial charge in [0.25, 0.3) is 5.91 Å². The second-order valence-electron chi connectivity index (χ2n) is 5.69. The molecule has 0 aromatic carbocycles. The highest BCUT2D eigenvalue weighted by molar-refractivity contribution is 7.08. The van der Waals surface area contributed by atoms with Crippen molar-refractivity contribution in [2.24, 2.45) is 0 Å². The summed E-state index contributed by atoms with van der Waals surface area (Å²) in [5.74, 6) is 0.0287. The molecular formula is C18H16N4OS. The quantitative estimate of drug-likeness (QED) is 0.722. The fourth-order valence-electron chi connectivity index (χ4n) is 3.05. The van der Waals surface area contributed by atoms with E-state index in [2.05, 4.69) is 31.8 Å². The Bertz CT molecular complexity index is 849. The summed E-state index contributed by atoms with van der Waals surface area (Å²) in [7, 11) is 0. The zero-order chi connectivity index (χ0) is 16.4. The molecule has 0 saturated carbocycles. The fourth-order valence-corrected chi connectivity index (χ4v) is 3.69. The minimum absolute atomic E-state index is 0.0287. The van der Waals surface area contributed by atoms with E-state index in [1.54, 1.807) is 36.1 Å². The number of amides is 1. The third-order valence-corrected chi connectivity index (χ3v) is 4.96. The first-order valence-corrected chi connectivity index (χ1v) is 8.82. The van der Waals surface area contributed by atoms with Crippen molar-refractivity contribution in [3.63, 3.8) is 0 Å². The van der Waals surface area contributed by atoms with E-state index in [9.17, 15) is 4.79 Å². The molecule has 24 heavy (non-hydrogen) atoms. The number of thiophene rings is 1. The van der Waals surface area contributed by atoms with Crippen LogP contribution in [-0.2, 0) is 12.8 Å². The zero-order valence-electron chi connectivity index (χ0n) is 13.1. The maximum atomic E-state index is 12.7. The normalized spacial score (nSPS) is 14.1. The molecule has 0 unspecified atom stereocenters. The molecule has 5 nitrogen and oxygen atoms in total. The first-order chi connectivity index (χ1) is 11.8. The molecule has 0 bridgehead atoms. The molecule has 3 aromatic heterocycles. The topological polar surface area (TPSA) is 59.0 Å². The molecule has 0 saturated heterocycles. The number of carbonyl (C=O) groups is 1. The monoisotopic (exact) mass is 336 g/mol. The van der Waals surface area contributed by atoms with Crippen molar-refractivity contribution < 1.29 is 4.79 Å². The van der Waals surface area contributed by atoms with Crippen LogP contribution in [0.3, 0.4) is 0 Å². The highest BCUT2D eigenvalue weighted by Crippen LogP contribution is 2.27. The Morgan fingerprint density at radius 1 is 1.17 bits per heavy atom. The lowest BCUT2D eigenvalue weighted by atomic mass is 10.0. The van der Waals surface area contributed by atoms with Crippen LogP contribution in [0.15, 0.2) is 47.7 Å². The molecule has 1 aliphatic rings. The summed E-state index contributed by atoms with van der Waals surface area (Å²) < 4.78 is 0. The van der Waals surface area contributed by atoms with E-state index in [0.717, 1.165) is 35.4 Å². The van der Waals surface area contributed by atoms with Gasteiger partial charge in [-0.2, -0.15) is 11.3 Å². The van der Waals surface area contributed by atoms with Crippen molar-refractivity contribution >= 4 is 17.2 Å². The molecule has 120 valence electrons. The zero-order valence-corrected chi connectivity index (χ0v) is 13.9. The summed E-state index contributed by atoms with van der Waals surface area (Å²) in [5.41, 5.74) is 4.97. The highest BCUT2D eigenvalue weighted by atomic mass is 32.1. The lowest BCUT2D eigenvalue weighted by Gasteiger charge is -2.19. The Kier molecular flexibility index (Phi) is 4.04. The molecule has 0 spiro atoms. The number of pyridine rings is 1. The number of carbonyl (C=O) groups excluding carboxylic acids is 1. The van der Waals surface area contributed by atoms with Gasteiger partial charge in [0.1, 0.15) is 6.33 Å². The molecule has 3 aromatic rings. The minimum Gasteiger partial charge on any atom is -0.338 e. The van der Waals surface area contributed by atoms with Crippen LogP contribution in [0.1, 0.15) is 21.6 Å². The van der Waals surface area contributed by atoms with Crippen LogP contribution in [0.4, 0.5) is 0 Å². The Morgan fingerprint density at radius 2 is 2.08 bits per heavy atom. The first kappa shape index (κ1) is 15.0. The Morgan fingerprint density at radius 3 is 2.88 bits per heavy atom. The van der Waals surface area contributed by atoms with Crippen molar-refractivity contribution in [2.75, 3.05) is 13.1 Å². The molecule has 0 radical (unpaired) electrons. The van der Waals surface area contributed by atoms with Gasteiger partial charge in [-0.15, -0.1) is 0 Å². The third-order valence-electron chi connectivity index (χ3n) is 4.28. The van der Waals surface area contributed by atoms with E-state index in [0.29, 0.717) is 18.7 Å². The molecular weight excluding hydrogens is 320 g/mol. The second-order valence-corrected chi connectivity index (χ2v) is 6.47. The second kappa shape index (κ2) is 6.49. The van der Waals surface area contributed by atoms with Crippen molar-refractivity contribution in [1.29, 1.82) is 0 Å². The summed E-state index contributed by atoms with van der Waals surface area (Å²) in [6, 6.07) is 5.68. The van der Waals surface area contributed by atoms with E-state index >= 15 is 0 Å². The van der Waals surface area contributed by atoms with Gasteiger partial charge in [0.15, 0.2) is 0 Å². The Balaban J connectivity index is 1.61. The number of hydrogen-bond donors (Lipinski definition) is 0. The third kappa shape index (κ3) is 2.80. The predicted octanol–water partition coefficient (Wildman–Crippen LogP) is 2.84. The van der Waals surface area contributed by atoms with Crippen molar-refractivity contribution in [3.05, 3.63) is 64.5 Å². The maximum absolute atomic E-state index is 12.7. The summed E-state index contributed by atoms with van der Waals surface area (Å²) in [6.45, 7) is 1.34. The van der Waals surface area contributed by atoms with Crippen LogP contribution in [0.5, 0.6) is 0 Å². The number of rotatable bonds is 2. The van der Waals surface area contributed by atoms with Gasteiger partial charge in [-0.25, -0.2) is 9.97 Å². The van der Waals surface area contributed by atoms with Crippen molar-refractivity contribution in [3.8, 4) is 11.3 Å². The number of nitrogens with zero attached hydrogens (tertiary/aromatic N) is 4. The van der Waals surface area contributed by atoms with Crippen LogP contribution in [0.2, 0.25) is 0 Å². The smallest absolute Gasteiger partial charge is 0.255 e. The van der Waals surface area contributed by atoms with Gasteiger partial charge in [-0.05, 0) is 30.0 Å². The van der Waals surface area contributed by atoms with Crippen LogP contribution in [0.25, 0.3) is 11.3 Å². The number of aromatic nitrogens is 3. The molecule has 0 fully saturated rings. The van der Waals surface area contributed by atoms with Crippen LogP contribution in [0, 0.1) is 0 Å². The molecule has 4 rings (SSSR count). The summed E-state index contributed by atoms with van der Waals surface area (Å²) in [4.78, 5) is 27.5. The number of hydrogen-bond acceptors (Lipinski definition) is 5. The van der Waals surface area contributed by atoms with E-state index in [1.807, 2.05) is 11.0 Å². The molecule has 1 amide bonds. The summed E-state index contributed by atoms with van der Waals surface area (Å²) in [6.07, 6.45) is 6.45. The molecule has 6 heteroatoms. The van der Waals surface area contributed by atoms with E-state index < -0.39 is 0 Å². The number of fused-ring (bicyclic) bond motifs is 1. The minimum atomic E-state index is 0.0287. The predicted molar refractivity (Wildman–Crippen MR) is 92.9 cm³/mol. The SMILES string of the molecule is O=C(c1cccnc1)N1CCc2ncnc(-c3ccsc3)c2CC1.